The Labute approximate surface area is 187 Å². The molecule has 6 nitrogen and oxygen atoms in total. The topological polar surface area (TPSA) is 50.1 Å². The second-order valence-electron chi connectivity index (χ2n) is 9.95. The first kappa shape index (κ1) is 21.1. The van der Waals surface area contributed by atoms with Gasteiger partial charge >= 0.3 is 0 Å². The van der Waals surface area contributed by atoms with E-state index in [1.54, 1.807) is 0 Å². The minimum atomic E-state index is 0.144. The quantitative estimate of drug-likeness (QED) is 0.709. The predicted octanol–water partition coefficient (Wildman–Crippen LogP) is 4.53. The van der Waals surface area contributed by atoms with Crippen molar-refractivity contribution in [3.63, 3.8) is 0 Å². The van der Waals surface area contributed by atoms with Gasteiger partial charge in [0.25, 0.3) is 0 Å². The molecule has 1 unspecified atom stereocenters. The third kappa shape index (κ3) is 4.70. The Morgan fingerprint density at radius 2 is 1.39 bits per heavy atom. The van der Waals surface area contributed by atoms with Crippen molar-refractivity contribution < 1.29 is 0 Å². The Hall–Kier alpha value is -1.79. The van der Waals surface area contributed by atoms with Gasteiger partial charge in [0.1, 0.15) is 0 Å². The molecular formula is C25H38N6. The van der Waals surface area contributed by atoms with Crippen LogP contribution in [0.2, 0.25) is 0 Å². The monoisotopic (exact) mass is 422 g/mol. The zero-order valence-electron chi connectivity index (χ0n) is 19.1. The number of rotatable bonds is 5. The molecule has 2 heterocycles. The molecule has 1 aromatic carbocycles. The minimum absolute atomic E-state index is 0.144. The van der Waals surface area contributed by atoms with E-state index in [-0.39, 0.29) is 6.04 Å². The molecule has 1 aliphatic heterocycles. The highest BCUT2D eigenvalue weighted by atomic mass is 15.6. The fourth-order valence-corrected chi connectivity index (χ4v) is 6.05. The highest BCUT2D eigenvalue weighted by Gasteiger charge is 2.34. The maximum atomic E-state index is 4.62. The van der Waals surface area contributed by atoms with E-state index in [2.05, 4.69) is 61.2 Å². The van der Waals surface area contributed by atoms with Gasteiger partial charge in [-0.3, -0.25) is 9.80 Å². The molecule has 0 amide bonds. The number of benzene rings is 1. The van der Waals surface area contributed by atoms with Crippen LogP contribution in [0.25, 0.3) is 0 Å². The second kappa shape index (κ2) is 9.78. The number of hydrogen-bond acceptors (Lipinski definition) is 5. The van der Waals surface area contributed by atoms with Gasteiger partial charge in [-0.05, 0) is 48.6 Å². The van der Waals surface area contributed by atoms with Crippen LogP contribution in [0.15, 0.2) is 24.3 Å². The van der Waals surface area contributed by atoms with Gasteiger partial charge in [-0.15, -0.1) is 5.10 Å². The van der Waals surface area contributed by atoms with Crippen molar-refractivity contribution >= 4 is 0 Å². The lowest BCUT2D eigenvalue weighted by Crippen LogP contribution is -2.52. The maximum absolute atomic E-state index is 4.62. The average molecular weight is 423 g/mol. The third-order valence-corrected chi connectivity index (χ3v) is 7.88. The van der Waals surface area contributed by atoms with Crippen molar-refractivity contribution in [1.82, 2.24) is 30.0 Å². The molecule has 1 aromatic heterocycles. The number of aryl methyl sites for hydroxylation is 1. The molecule has 31 heavy (non-hydrogen) atoms. The molecule has 0 bridgehead atoms. The molecule has 0 spiro atoms. The van der Waals surface area contributed by atoms with E-state index < -0.39 is 0 Å². The van der Waals surface area contributed by atoms with Gasteiger partial charge in [-0.1, -0.05) is 68.4 Å². The van der Waals surface area contributed by atoms with Crippen LogP contribution in [-0.2, 0) is 0 Å². The molecule has 0 N–H and O–H groups in total. The number of aromatic nitrogens is 4. The molecule has 168 valence electrons. The first-order valence-corrected chi connectivity index (χ1v) is 12.6. The number of piperazine rings is 1. The standard InChI is InChI=1S/C25H38N6/c1-20-12-14-21(15-13-20)24(25-26-27-28-31(25)23-10-6-3-7-11-23)30-18-16-29(17-19-30)22-8-4-2-5-9-22/h12-15,22-24H,2-11,16-19H2,1H3. The van der Waals surface area contributed by atoms with E-state index in [0.717, 1.165) is 38.0 Å². The zero-order chi connectivity index (χ0) is 21.0. The van der Waals surface area contributed by atoms with Crippen molar-refractivity contribution in [3.05, 3.63) is 41.2 Å². The molecule has 1 saturated heterocycles. The van der Waals surface area contributed by atoms with Gasteiger partial charge in [0.2, 0.25) is 0 Å². The fraction of sp³-hybridized carbons (Fsp3) is 0.720. The lowest BCUT2D eigenvalue weighted by molar-refractivity contribution is 0.0612. The summed E-state index contributed by atoms with van der Waals surface area (Å²) >= 11 is 0. The van der Waals surface area contributed by atoms with Crippen molar-refractivity contribution in [2.24, 2.45) is 0 Å². The Bertz CT molecular complexity index is 811. The first-order valence-electron chi connectivity index (χ1n) is 12.6. The molecule has 2 aliphatic carbocycles. The summed E-state index contributed by atoms with van der Waals surface area (Å²) in [7, 11) is 0. The Balaban J connectivity index is 1.39. The molecule has 2 saturated carbocycles. The van der Waals surface area contributed by atoms with Gasteiger partial charge in [-0.2, -0.15) is 0 Å². The summed E-state index contributed by atoms with van der Waals surface area (Å²) in [6.45, 7) is 6.67. The summed E-state index contributed by atoms with van der Waals surface area (Å²) in [5.74, 6) is 1.04. The third-order valence-electron chi connectivity index (χ3n) is 7.88. The zero-order valence-corrected chi connectivity index (χ0v) is 19.1. The fourth-order valence-electron chi connectivity index (χ4n) is 6.05. The van der Waals surface area contributed by atoms with Gasteiger partial charge < -0.3 is 0 Å². The van der Waals surface area contributed by atoms with Crippen LogP contribution >= 0.6 is 0 Å². The van der Waals surface area contributed by atoms with Crippen LogP contribution in [0.5, 0.6) is 0 Å². The highest BCUT2D eigenvalue weighted by molar-refractivity contribution is 5.28. The summed E-state index contributed by atoms with van der Waals surface area (Å²) in [6.07, 6.45) is 13.4. The number of nitrogens with zero attached hydrogens (tertiary/aromatic N) is 6. The van der Waals surface area contributed by atoms with E-state index in [9.17, 15) is 0 Å². The van der Waals surface area contributed by atoms with Crippen molar-refractivity contribution in [3.8, 4) is 0 Å². The lowest BCUT2D eigenvalue weighted by atomic mass is 9.93. The number of tetrazole rings is 1. The summed E-state index contributed by atoms with van der Waals surface area (Å²) in [5, 5.41) is 13.3. The lowest BCUT2D eigenvalue weighted by Gasteiger charge is -2.43. The molecule has 6 heteroatoms. The molecular weight excluding hydrogens is 384 g/mol. The van der Waals surface area contributed by atoms with Gasteiger partial charge in [-0.25, -0.2) is 4.68 Å². The first-order chi connectivity index (χ1) is 15.3. The van der Waals surface area contributed by atoms with E-state index in [1.165, 1.54) is 75.3 Å². The van der Waals surface area contributed by atoms with Crippen LogP contribution in [0.3, 0.4) is 0 Å². The van der Waals surface area contributed by atoms with Crippen LogP contribution in [-0.4, -0.2) is 62.2 Å². The summed E-state index contributed by atoms with van der Waals surface area (Å²) < 4.78 is 2.18. The van der Waals surface area contributed by atoms with E-state index in [4.69, 9.17) is 0 Å². The number of hydrogen-bond donors (Lipinski definition) is 0. The normalized spacial score (nSPS) is 23.8. The van der Waals surface area contributed by atoms with E-state index in [0.29, 0.717) is 6.04 Å². The van der Waals surface area contributed by atoms with E-state index >= 15 is 0 Å². The highest BCUT2D eigenvalue weighted by Crippen LogP contribution is 2.34. The summed E-state index contributed by atoms with van der Waals surface area (Å²) in [5.41, 5.74) is 2.63. The second-order valence-corrected chi connectivity index (χ2v) is 9.95. The van der Waals surface area contributed by atoms with Crippen LogP contribution in [0.1, 0.15) is 93.2 Å². The van der Waals surface area contributed by atoms with Crippen molar-refractivity contribution in [2.45, 2.75) is 89.3 Å². The van der Waals surface area contributed by atoms with Gasteiger partial charge in [0.15, 0.2) is 5.82 Å². The Kier molecular flexibility index (Phi) is 6.65. The van der Waals surface area contributed by atoms with Gasteiger partial charge in [0.05, 0.1) is 12.1 Å². The Morgan fingerprint density at radius 3 is 2.03 bits per heavy atom. The molecule has 1 atom stereocenters. The van der Waals surface area contributed by atoms with Crippen molar-refractivity contribution in [2.75, 3.05) is 26.2 Å². The molecule has 0 radical (unpaired) electrons. The predicted molar refractivity (Wildman–Crippen MR) is 123 cm³/mol. The SMILES string of the molecule is Cc1ccc(C(c2nnnn2C2CCCCC2)N2CCN(C3CCCCC3)CC2)cc1. The molecule has 3 fully saturated rings. The molecule has 2 aromatic rings. The van der Waals surface area contributed by atoms with Crippen LogP contribution in [0.4, 0.5) is 0 Å². The van der Waals surface area contributed by atoms with Crippen molar-refractivity contribution in [1.29, 1.82) is 0 Å². The molecule has 3 aliphatic rings. The Morgan fingerprint density at radius 1 is 0.774 bits per heavy atom. The van der Waals surface area contributed by atoms with E-state index in [1.807, 2.05) is 0 Å². The smallest absolute Gasteiger partial charge is 0.173 e. The average Bonchev–Trinajstić information content (AvgIpc) is 3.31. The maximum Gasteiger partial charge on any atom is 0.173 e. The summed E-state index contributed by atoms with van der Waals surface area (Å²) in [4.78, 5) is 5.39. The van der Waals surface area contributed by atoms with Gasteiger partial charge in [0, 0.05) is 32.2 Å². The summed E-state index contributed by atoms with van der Waals surface area (Å²) in [6, 6.07) is 10.4. The largest absolute Gasteiger partial charge is 0.298 e. The molecule has 5 rings (SSSR count). The van der Waals surface area contributed by atoms with Crippen LogP contribution in [0, 0.1) is 6.92 Å². The minimum Gasteiger partial charge on any atom is -0.298 e. The van der Waals surface area contributed by atoms with Crippen LogP contribution < -0.4 is 0 Å².